The van der Waals surface area contributed by atoms with Gasteiger partial charge in [-0.05, 0) is 18.6 Å². The average Bonchev–Trinajstić information content (AvgIpc) is 2.34. The molecule has 0 aromatic carbocycles. The van der Waals surface area contributed by atoms with Crippen LogP contribution in [0.1, 0.15) is 16.8 Å². The van der Waals surface area contributed by atoms with E-state index < -0.39 is 0 Å². The topological polar surface area (TPSA) is 71.5 Å². The van der Waals surface area contributed by atoms with Crippen molar-refractivity contribution >= 4 is 5.91 Å². The molecule has 16 heavy (non-hydrogen) atoms. The monoisotopic (exact) mass is 224 g/mol. The molecule has 88 valence electrons. The van der Waals surface area contributed by atoms with Gasteiger partial charge in [0.1, 0.15) is 0 Å². The molecular formula is C11H16N2O3. The van der Waals surface area contributed by atoms with Crippen LogP contribution in [0.5, 0.6) is 0 Å². The predicted octanol–water partition coefficient (Wildman–Crippen LogP) is 0.210. The van der Waals surface area contributed by atoms with E-state index in [1.807, 2.05) is 0 Å². The highest BCUT2D eigenvalue weighted by atomic mass is 16.5. The van der Waals surface area contributed by atoms with E-state index in [9.17, 15) is 4.79 Å². The number of pyridine rings is 1. The number of hydrogen-bond donors (Lipinski definition) is 2. The third-order valence-electron chi connectivity index (χ3n) is 1.91. The summed E-state index contributed by atoms with van der Waals surface area (Å²) in [7, 11) is 0. The van der Waals surface area contributed by atoms with Gasteiger partial charge in [0.25, 0.3) is 5.91 Å². The maximum absolute atomic E-state index is 11.5. The molecule has 1 aromatic heterocycles. The first-order valence-corrected chi connectivity index (χ1v) is 5.21. The van der Waals surface area contributed by atoms with Crippen LogP contribution in [0.3, 0.4) is 0 Å². The molecule has 5 nitrogen and oxygen atoms in total. The summed E-state index contributed by atoms with van der Waals surface area (Å²) in [5, 5.41) is 11.2. The molecule has 1 rings (SSSR count). The maximum atomic E-state index is 11.5. The number of aliphatic hydroxyl groups excluding tert-OH is 1. The number of amides is 1. The van der Waals surface area contributed by atoms with Crippen molar-refractivity contribution < 1.29 is 14.6 Å². The second kappa shape index (κ2) is 7.78. The first-order chi connectivity index (χ1) is 7.84. The minimum atomic E-state index is -0.129. The van der Waals surface area contributed by atoms with Gasteiger partial charge in [0.05, 0.1) is 18.8 Å². The minimum absolute atomic E-state index is 0.0298. The number of hydrogen-bond acceptors (Lipinski definition) is 4. The molecule has 1 aromatic rings. The van der Waals surface area contributed by atoms with Gasteiger partial charge in [-0.2, -0.15) is 0 Å². The van der Waals surface area contributed by atoms with Crippen LogP contribution in [0.2, 0.25) is 0 Å². The second-order valence-corrected chi connectivity index (χ2v) is 3.19. The lowest BCUT2D eigenvalue weighted by Crippen LogP contribution is -2.25. The van der Waals surface area contributed by atoms with E-state index in [1.165, 1.54) is 6.20 Å². The molecule has 2 N–H and O–H groups in total. The summed E-state index contributed by atoms with van der Waals surface area (Å²) < 4.78 is 5.06. The Morgan fingerprint density at radius 3 is 3.06 bits per heavy atom. The molecule has 0 spiro atoms. The summed E-state index contributed by atoms with van der Waals surface area (Å²) >= 11 is 0. The smallest absolute Gasteiger partial charge is 0.252 e. The van der Waals surface area contributed by atoms with Crippen LogP contribution < -0.4 is 5.32 Å². The summed E-state index contributed by atoms with van der Waals surface area (Å²) in [6, 6.07) is 3.43. The fourth-order valence-corrected chi connectivity index (χ4v) is 1.14. The number of carbonyl (C=O) groups excluding carboxylic acids is 1. The molecule has 0 bridgehead atoms. The summed E-state index contributed by atoms with van der Waals surface area (Å²) in [4.78, 5) is 15.4. The average molecular weight is 224 g/mol. The first kappa shape index (κ1) is 12.6. The van der Waals surface area contributed by atoms with Gasteiger partial charge in [-0.25, -0.2) is 0 Å². The quantitative estimate of drug-likeness (QED) is 0.649. The van der Waals surface area contributed by atoms with E-state index in [1.54, 1.807) is 18.3 Å². The summed E-state index contributed by atoms with van der Waals surface area (Å²) in [6.45, 7) is 1.46. The summed E-state index contributed by atoms with van der Waals surface area (Å²) in [5.41, 5.74) is 0.554. The number of ether oxygens (including phenoxy) is 1. The number of nitrogens with one attached hydrogen (secondary N) is 1. The van der Waals surface area contributed by atoms with Crippen LogP contribution >= 0.6 is 0 Å². The van der Waals surface area contributed by atoms with Crippen LogP contribution in [-0.2, 0) is 4.74 Å². The van der Waals surface area contributed by atoms with E-state index in [-0.39, 0.29) is 12.5 Å². The Labute approximate surface area is 94.5 Å². The Morgan fingerprint density at radius 1 is 1.50 bits per heavy atom. The molecule has 0 aliphatic rings. The van der Waals surface area contributed by atoms with E-state index in [4.69, 9.17) is 9.84 Å². The number of aromatic nitrogens is 1. The largest absolute Gasteiger partial charge is 0.394 e. The van der Waals surface area contributed by atoms with Crippen LogP contribution in [0.25, 0.3) is 0 Å². The predicted molar refractivity (Wildman–Crippen MR) is 59.1 cm³/mol. The van der Waals surface area contributed by atoms with Crippen LogP contribution in [0, 0.1) is 0 Å². The van der Waals surface area contributed by atoms with E-state index in [2.05, 4.69) is 10.3 Å². The van der Waals surface area contributed by atoms with Crippen molar-refractivity contribution in [1.82, 2.24) is 10.3 Å². The number of aliphatic hydroxyl groups is 1. The van der Waals surface area contributed by atoms with E-state index in [0.29, 0.717) is 25.3 Å². The molecule has 0 aliphatic heterocycles. The Morgan fingerprint density at radius 2 is 2.38 bits per heavy atom. The Kier molecular flexibility index (Phi) is 6.13. The van der Waals surface area contributed by atoms with Crippen molar-refractivity contribution in [2.24, 2.45) is 0 Å². The van der Waals surface area contributed by atoms with Crippen LogP contribution in [0.4, 0.5) is 0 Å². The van der Waals surface area contributed by atoms with Gasteiger partial charge in [0, 0.05) is 25.5 Å². The Hall–Kier alpha value is -1.46. The zero-order valence-corrected chi connectivity index (χ0v) is 9.06. The van der Waals surface area contributed by atoms with Crippen LogP contribution in [0.15, 0.2) is 24.5 Å². The Balaban J connectivity index is 2.12. The fraction of sp³-hybridized carbons (Fsp3) is 0.455. The highest BCUT2D eigenvalue weighted by molar-refractivity contribution is 5.93. The third kappa shape index (κ3) is 4.86. The third-order valence-corrected chi connectivity index (χ3v) is 1.91. The molecule has 0 unspecified atom stereocenters. The maximum Gasteiger partial charge on any atom is 0.252 e. The molecule has 0 fully saturated rings. The van der Waals surface area contributed by atoms with Gasteiger partial charge < -0.3 is 15.2 Å². The van der Waals surface area contributed by atoms with Crippen molar-refractivity contribution in [1.29, 1.82) is 0 Å². The molecule has 5 heteroatoms. The van der Waals surface area contributed by atoms with Crippen LogP contribution in [-0.4, -0.2) is 42.4 Å². The van der Waals surface area contributed by atoms with E-state index >= 15 is 0 Å². The second-order valence-electron chi connectivity index (χ2n) is 3.19. The Bertz CT molecular complexity index is 303. The minimum Gasteiger partial charge on any atom is -0.394 e. The molecular weight excluding hydrogens is 208 g/mol. The van der Waals surface area contributed by atoms with Crippen molar-refractivity contribution in [2.45, 2.75) is 6.42 Å². The van der Waals surface area contributed by atoms with Gasteiger partial charge in [-0.15, -0.1) is 0 Å². The zero-order valence-electron chi connectivity index (χ0n) is 9.06. The summed E-state index contributed by atoms with van der Waals surface area (Å²) in [5.74, 6) is -0.129. The molecule has 0 atom stereocenters. The highest BCUT2D eigenvalue weighted by Crippen LogP contribution is 1.94. The molecule has 0 saturated carbocycles. The lowest BCUT2D eigenvalue weighted by molar-refractivity contribution is 0.0867. The number of carbonyl (C=O) groups is 1. The number of rotatable bonds is 7. The van der Waals surface area contributed by atoms with Gasteiger partial charge in [0.15, 0.2) is 0 Å². The van der Waals surface area contributed by atoms with Gasteiger partial charge in [0.2, 0.25) is 0 Å². The fourth-order valence-electron chi connectivity index (χ4n) is 1.14. The first-order valence-electron chi connectivity index (χ1n) is 5.21. The SMILES string of the molecule is O=C(NCCCOCCO)c1cccnc1. The van der Waals surface area contributed by atoms with Gasteiger partial charge in [-0.1, -0.05) is 0 Å². The summed E-state index contributed by atoms with van der Waals surface area (Å²) in [6.07, 6.45) is 3.88. The molecule has 0 radical (unpaired) electrons. The molecule has 0 aliphatic carbocycles. The lowest BCUT2D eigenvalue weighted by atomic mass is 10.2. The molecule has 1 heterocycles. The van der Waals surface area contributed by atoms with Crippen molar-refractivity contribution in [3.05, 3.63) is 30.1 Å². The van der Waals surface area contributed by atoms with Crippen molar-refractivity contribution in [3.63, 3.8) is 0 Å². The van der Waals surface area contributed by atoms with E-state index in [0.717, 1.165) is 6.42 Å². The van der Waals surface area contributed by atoms with Gasteiger partial charge >= 0.3 is 0 Å². The number of nitrogens with zero attached hydrogens (tertiary/aromatic N) is 1. The molecule has 1 amide bonds. The van der Waals surface area contributed by atoms with Gasteiger partial charge in [-0.3, -0.25) is 9.78 Å². The standard InChI is InChI=1S/C11H16N2O3/c14-6-8-16-7-2-5-13-11(15)10-3-1-4-12-9-10/h1,3-4,9,14H,2,5-8H2,(H,13,15). The molecule has 0 saturated heterocycles. The highest BCUT2D eigenvalue weighted by Gasteiger charge is 2.02. The van der Waals surface area contributed by atoms with Crippen molar-refractivity contribution in [2.75, 3.05) is 26.4 Å². The normalized spacial score (nSPS) is 10.1. The van der Waals surface area contributed by atoms with Crippen molar-refractivity contribution in [3.8, 4) is 0 Å². The zero-order chi connectivity index (χ0) is 11.6. The lowest BCUT2D eigenvalue weighted by Gasteiger charge is -2.05.